The molecule has 0 spiro atoms. The summed E-state index contributed by atoms with van der Waals surface area (Å²) in [6.07, 6.45) is -4.45. The smallest absolute Gasteiger partial charge is 0.416 e. The number of ether oxygens (including phenoxy) is 1. The van der Waals surface area contributed by atoms with Gasteiger partial charge >= 0.3 is 6.18 Å². The predicted octanol–water partition coefficient (Wildman–Crippen LogP) is 5.03. The number of nitriles is 1. The van der Waals surface area contributed by atoms with Crippen molar-refractivity contribution in [1.82, 2.24) is 0 Å². The van der Waals surface area contributed by atoms with E-state index >= 15 is 0 Å². The Morgan fingerprint density at radius 2 is 1.68 bits per heavy atom. The fourth-order valence-corrected chi connectivity index (χ4v) is 2.02. The minimum Gasteiger partial charge on any atom is -0.490 e. The third-order valence-corrected chi connectivity index (χ3v) is 2.99. The second kappa shape index (κ2) is 6.10. The summed E-state index contributed by atoms with van der Waals surface area (Å²) in [5.74, 6) is 0.536. The molecule has 0 saturated heterocycles. The van der Waals surface area contributed by atoms with Gasteiger partial charge in [-0.25, -0.2) is 0 Å². The molecule has 2 aromatic rings. The highest BCUT2D eigenvalue weighted by atomic mass is 19.4. The highest BCUT2D eigenvalue weighted by Crippen LogP contribution is 2.35. The molecule has 2 aromatic carbocycles. The van der Waals surface area contributed by atoms with Crippen molar-refractivity contribution in [3.8, 4) is 22.9 Å². The number of nitrogens with zero attached hydrogens (tertiary/aromatic N) is 1. The van der Waals surface area contributed by atoms with Crippen molar-refractivity contribution >= 4 is 0 Å². The van der Waals surface area contributed by atoms with Gasteiger partial charge in [-0.2, -0.15) is 18.4 Å². The van der Waals surface area contributed by atoms with Gasteiger partial charge in [-0.1, -0.05) is 12.1 Å². The molecule has 0 amide bonds. The van der Waals surface area contributed by atoms with Gasteiger partial charge in [-0.05, 0) is 49.7 Å². The second-order valence-electron chi connectivity index (χ2n) is 5.06. The molecule has 22 heavy (non-hydrogen) atoms. The molecule has 0 heterocycles. The molecule has 0 unspecified atom stereocenters. The maximum atomic E-state index is 12.6. The molecule has 0 radical (unpaired) electrons. The van der Waals surface area contributed by atoms with Crippen LogP contribution in [0.2, 0.25) is 0 Å². The van der Waals surface area contributed by atoms with Gasteiger partial charge in [-0.3, -0.25) is 0 Å². The Morgan fingerprint density at radius 1 is 1.05 bits per heavy atom. The van der Waals surface area contributed by atoms with Crippen LogP contribution in [0.3, 0.4) is 0 Å². The Hall–Kier alpha value is -2.48. The number of alkyl halides is 3. The maximum absolute atomic E-state index is 12.6. The molecular weight excluding hydrogens is 291 g/mol. The Morgan fingerprint density at radius 3 is 2.18 bits per heavy atom. The van der Waals surface area contributed by atoms with Crippen LogP contribution in [-0.2, 0) is 6.18 Å². The third-order valence-electron chi connectivity index (χ3n) is 2.99. The first-order chi connectivity index (χ1) is 10.3. The van der Waals surface area contributed by atoms with Crippen LogP contribution in [0.15, 0.2) is 42.5 Å². The standard InChI is InChI=1S/C17H14F3NO/c1-11(2)22-16-8-3-12(10-21)9-15(16)13-4-6-14(7-5-13)17(18,19)20/h3-9,11H,1-2H3. The lowest BCUT2D eigenvalue weighted by atomic mass is 10.0. The first-order valence-corrected chi connectivity index (χ1v) is 6.69. The zero-order valence-corrected chi connectivity index (χ0v) is 12.1. The van der Waals surface area contributed by atoms with Crippen LogP contribution < -0.4 is 4.74 Å². The van der Waals surface area contributed by atoms with Crippen molar-refractivity contribution in [2.24, 2.45) is 0 Å². The Kier molecular flexibility index (Phi) is 4.41. The molecule has 0 bridgehead atoms. The summed E-state index contributed by atoms with van der Waals surface area (Å²) in [6.45, 7) is 3.71. The minimum atomic E-state index is -4.37. The van der Waals surface area contributed by atoms with Crippen molar-refractivity contribution in [2.75, 3.05) is 0 Å². The fourth-order valence-electron chi connectivity index (χ4n) is 2.02. The van der Waals surface area contributed by atoms with Gasteiger partial charge in [0.05, 0.1) is 23.3 Å². The van der Waals surface area contributed by atoms with E-state index in [4.69, 9.17) is 10.00 Å². The molecule has 0 aliphatic carbocycles. The zero-order valence-electron chi connectivity index (χ0n) is 12.1. The Balaban J connectivity index is 2.48. The summed E-state index contributed by atoms with van der Waals surface area (Å²) in [7, 11) is 0. The average Bonchev–Trinajstić information content (AvgIpc) is 2.46. The van der Waals surface area contributed by atoms with E-state index in [-0.39, 0.29) is 6.10 Å². The summed E-state index contributed by atoms with van der Waals surface area (Å²) >= 11 is 0. The van der Waals surface area contributed by atoms with Crippen LogP contribution >= 0.6 is 0 Å². The fraction of sp³-hybridized carbons (Fsp3) is 0.235. The first kappa shape index (κ1) is 15.9. The molecule has 114 valence electrons. The normalized spacial score (nSPS) is 11.3. The lowest BCUT2D eigenvalue weighted by Gasteiger charge is -2.15. The van der Waals surface area contributed by atoms with Crippen molar-refractivity contribution in [3.05, 3.63) is 53.6 Å². The number of hydrogen-bond donors (Lipinski definition) is 0. The predicted molar refractivity (Wildman–Crippen MR) is 77.4 cm³/mol. The molecule has 0 aliphatic heterocycles. The molecule has 2 nitrogen and oxygen atoms in total. The van der Waals surface area contributed by atoms with Crippen molar-refractivity contribution in [1.29, 1.82) is 5.26 Å². The molecule has 0 aromatic heterocycles. The van der Waals surface area contributed by atoms with Crippen LogP contribution in [0.5, 0.6) is 5.75 Å². The largest absolute Gasteiger partial charge is 0.490 e. The maximum Gasteiger partial charge on any atom is 0.416 e. The lowest BCUT2D eigenvalue weighted by Crippen LogP contribution is -2.07. The molecule has 0 atom stereocenters. The quantitative estimate of drug-likeness (QED) is 0.796. The van der Waals surface area contributed by atoms with Crippen LogP contribution in [-0.4, -0.2) is 6.10 Å². The number of benzene rings is 2. The average molecular weight is 305 g/mol. The third kappa shape index (κ3) is 3.59. The molecule has 5 heteroatoms. The van der Waals surface area contributed by atoms with Gasteiger partial charge in [0.2, 0.25) is 0 Å². The van der Waals surface area contributed by atoms with E-state index in [9.17, 15) is 13.2 Å². The Bertz CT molecular complexity index is 697. The van der Waals surface area contributed by atoms with Gasteiger partial charge in [0, 0.05) is 5.56 Å². The summed E-state index contributed by atoms with van der Waals surface area (Å²) in [5, 5.41) is 8.99. The Labute approximate surface area is 126 Å². The van der Waals surface area contributed by atoms with Crippen molar-refractivity contribution < 1.29 is 17.9 Å². The highest BCUT2D eigenvalue weighted by molar-refractivity contribution is 5.72. The van der Waals surface area contributed by atoms with E-state index in [1.54, 1.807) is 18.2 Å². The molecule has 0 fully saturated rings. The summed E-state index contributed by atoms with van der Waals surface area (Å²) in [4.78, 5) is 0. The van der Waals surface area contributed by atoms with Crippen LogP contribution in [0, 0.1) is 11.3 Å². The van der Waals surface area contributed by atoms with Crippen molar-refractivity contribution in [3.63, 3.8) is 0 Å². The molecule has 2 rings (SSSR count). The van der Waals surface area contributed by atoms with Gasteiger partial charge in [0.1, 0.15) is 5.75 Å². The topological polar surface area (TPSA) is 33.0 Å². The van der Waals surface area contributed by atoms with Gasteiger partial charge in [-0.15, -0.1) is 0 Å². The van der Waals surface area contributed by atoms with Crippen molar-refractivity contribution in [2.45, 2.75) is 26.1 Å². The summed E-state index contributed by atoms with van der Waals surface area (Å²) < 4.78 is 43.5. The first-order valence-electron chi connectivity index (χ1n) is 6.69. The highest BCUT2D eigenvalue weighted by Gasteiger charge is 2.30. The summed E-state index contributed by atoms with van der Waals surface area (Å²) in [6, 6.07) is 11.7. The van der Waals surface area contributed by atoms with Crippen LogP contribution in [0.1, 0.15) is 25.0 Å². The lowest BCUT2D eigenvalue weighted by molar-refractivity contribution is -0.137. The monoisotopic (exact) mass is 305 g/mol. The van der Waals surface area contributed by atoms with E-state index in [1.165, 1.54) is 12.1 Å². The molecular formula is C17H14F3NO. The van der Waals surface area contributed by atoms with Gasteiger partial charge < -0.3 is 4.74 Å². The molecule has 0 aliphatic rings. The van der Waals surface area contributed by atoms with E-state index in [2.05, 4.69) is 0 Å². The zero-order chi connectivity index (χ0) is 16.3. The van der Waals surface area contributed by atoms with Crippen LogP contribution in [0.4, 0.5) is 13.2 Å². The second-order valence-corrected chi connectivity index (χ2v) is 5.06. The number of rotatable bonds is 3. The van der Waals surface area contributed by atoms with Gasteiger partial charge in [0.15, 0.2) is 0 Å². The van der Waals surface area contributed by atoms with Crippen LogP contribution in [0.25, 0.3) is 11.1 Å². The van der Waals surface area contributed by atoms with Gasteiger partial charge in [0.25, 0.3) is 0 Å². The van der Waals surface area contributed by atoms with E-state index < -0.39 is 11.7 Å². The SMILES string of the molecule is CC(C)Oc1ccc(C#N)cc1-c1ccc(C(F)(F)F)cc1. The summed E-state index contributed by atoms with van der Waals surface area (Å²) in [5.41, 5.74) is 0.882. The van der Waals surface area contributed by atoms with E-state index in [0.717, 1.165) is 12.1 Å². The molecule has 0 saturated carbocycles. The number of hydrogen-bond acceptors (Lipinski definition) is 2. The van der Waals surface area contributed by atoms with E-state index in [1.807, 2.05) is 19.9 Å². The molecule has 0 N–H and O–H groups in total. The van der Waals surface area contributed by atoms with E-state index in [0.29, 0.717) is 22.4 Å². The number of halogens is 3. The minimum absolute atomic E-state index is 0.0823.